The molecule has 1 amide bonds. The molecule has 1 aromatic carbocycles. The molecule has 19 heavy (non-hydrogen) atoms. The normalized spacial score (nSPS) is 22.2. The van der Waals surface area contributed by atoms with Crippen molar-refractivity contribution in [1.82, 2.24) is 0 Å². The highest BCUT2D eigenvalue weighted by Gasteiger charge is 2.34. The molecule has 2 N–H and O–H groups in total. The Labute approximate surface area is 108 Å². The van der Waals surface area contributed by atoms with Gasteiger partial charge in [0.1, 0.15) is 17.3 Å². The SMILES string of the molecule is O=C(O)C1CCC(C(=O)Nc2c(F)cccc2F)C1. The number of benzene rings is 1. The molecule has 0 spiro atoms. The number of carbonyl (C=O) groups excluding carboxylic acids is 1. The molecular weight excluding hydrogens is 256 g/mol. The number of carboxylic acids is 1. The van der Waals surface area contributed by atoms with Crippen molar-refractivity contribution in [2.45, 2.75) is 19.3 Å². The Hall–Kier alpha value is -1.98. The summed E-state index contributed by atoms with van der Waals surface area (Å²) < 4.78 is 26.7. The van der Waals surface area contributed by atoms with Gasteiger partial charge in [0.15, 0.2) is 0 Å². The Kier molecular flexibility index (Phi) is 3.78. The number of carboxylic acid groups (broad SMARTS) is 1. The van der Waals surface area contributed by atoms with Crippen LogP contribution in [0.4, 0.5) is 14.5 Å². The molecule has 2 unspecified atom stereocenters. The average Bonchev–Trinajstić information content (AvgIpc) is 2.83. The zero-order chi connectivity index (χ0) is 14.0. The Morgan fingerprint density at radius 2 is 1.74 bits per heavy atom. The van der Waals surface area contributed by atoms with Crippen LogP contribution in [0.5, 0.6) is 0 Å². The maximum atomic E-state index is 13.4. The fourth-order valence-corrected chi connectivity index (χ4v) is 2.29. The molecule has 2 atom stereocenters. The van der Waals surface area contributed by atoms with Crippen LogP contribution < -0.4 is 5.32 Å². The first-order valence-corrected chi connectivity index (χ1v) is 5.96. The Morgan fingerprint density at radius 1 is 1.16 bits per heavy atom. The molecule has 0 saturated heterocycles. The number of nitrogens with one attached hydrogen (secondary N) is 1. The van der Waals surface area contributed by atoms with Gasteiger partial charge >= 0.3 is 5.97 Å². The van der Waals surface area contributed by atoms with Crippen LogP contribution in [-0.2, 0) is 9.59 Å². The molecule has 1 saturated carbocycles. The van der Waals surface area contributed by atoms with Crippen LogP contribution in [0.1, 0.15) is 19.3 Å². The minimum absolute atomic E-state index is 0.206. The number of amides is 1. The number of anilines is 1. The maximum Gasteiger partial charge on any atom is 0.306 e. The zero-order valence-electron chi connectivity index (χ0n) is 10.0. The summed E-state index contributed by atoms with van der Waals surface area (Å²) in [4.78, 5) is 22.6. The van der Waals surface area contributed by atoms with Crippen molar-refractivity contribution in [2.24, 2.45) is 11.8 Å². The third-order valence-electron chi connectivity index (χ3n) is 3.36. The second-order valence-corrected chi connectivity index (χ2v) is 4.63. The van der Waals surface area contributed by atoms with Crippen LogP contribution in [0.25, 0.3) is 0 Å². The number of para-hydroxylation sites is 1. The lowest BCUT2D eigenvalue weighted by Gasteiger charge is -2.12. The number of hydrogen-bond donors (Lipinski definition) is 2. The van der Waals surface area contributed by atoms with Gasteiger partial charge in [-0.3, -0.25) is 9.59 Å². The minimum Gasteiger partial charge on any atom is -0.481 e. The van der Waals surface area contributed by atoms with E-state index in [1.807, 2.05) is 0 Å². The average molecular weight is 269 g/mol. The van der Waals surface area contributed by atoms with Gasteiger partial charge in [0.05, 0.1) is 5.92 Å². The summed E-state index contributed by atoms with van der Waals surface area (Å²) >= 11 is 0. The molecular formula is C13H13F2NO3. The van der Waals surface area contributed by atoms with Gasteiger partial charge < -0.3 is 10.4 Å². The van der Waals surface area contributed by atoms with Crippen LogP contribution in [0.2, 0.25) is 0 Å². The van der Waals surface area contributed by atoms with Gasteiger partial charge in [-0.15, -0.1) is 0 Å². The van der Waals surface area contributed by atoms with Crippen LogP contribution in [0, 0.1) is 23.5 Å². The molecule has 0 radical (unpaired) electrons. The van der Waals surface area contributed by atoms with Crippen molar-refractivity contribution in [2.75, 3.05) is 5.32 Å². The van der Waals surface area contributed by atoms with Crippen LogP contribution in [-0.4, -0.2) is 17.0 Å². The Morgan fingerprint density at radius 3 is 2.26 bits per heavy atom. The highest BCUT2D eigenvalue weighted by Crippen LogP contribution is 2.32. The van der Waals surface area contributed by atoms with Crippen molar-refractivity contribution in [3.63, 3.8) is 0 Å². The Bertz CT molecular complexity index is 498. The highest BCUT2D eigenvalue weighted by atomic mass is 19.1. The smallest absolute Gasteiger partial charge is 0.306 e. The van der Waals surface area contributed by atoms with E-state index in [-0.39, 0.29) is 6.42 Å². The van der Waals surface area contributed by atoms with Gasteiger partial charge in [0.25, 0.3) is 0 Å². The number of rotatable bonds is 3. The quantitative estimate of drug-likeness (QED) is 0.885. The summed E-state index contributed by atoms with van der Waals surface area (Å²) in [5, 5.41) is 11.0. The lowest BCUT2D eigenvalue weighted by Crippen LogP contribution is -2.22. The summed E-state index contributed by atoms with van der Waals surface area (Å²) in [5.74, 6) is -4.23. The van der Waals surface area contributed by atoms with E-state index in [2.05, 4.69) is 5.32 Å². The van der Waals surface area contributed by atoms with Crippen LogP contribution >= 0.6 is 0 Å². The first-order valence-electron chi connectivity index (χ1n) is 5.96. The second-order valence-electron chi connectivity index (χ2n) is 4.63. The lowest BCUT2D eigenvalue weighted by molar-refractivity contribution is -0.141. The first kappa shape index (κ1) is 13.5. The number of hydrogen-bond acceptors (Lipinski definition) is 2. The zero-order valence-corrected chi connectivity index (χ0v) is 10.0. The van der Waals surface area contributed by atoms with Crippen molar-refractivity contribution in [3.05, 3.63) is 29.8 Å². The topological polar surface area (TPSA) is 66.4 Å². The van der Waals surface area contributed by atoms with Crippen molar-refractivity contribution in [3.8, 4) is 0 Å². The molecule has 0 heterocycles. The number of halogens is 2. The molecule has 102 valence electrons. The molecule has 1 fully saturated rings. The van der Waals surface area contributed by atoms with Gasteiger partial charge in [-0.05, 0) is 31.4 Å². The molecule has 0 aromatic heterocycles. The standard InChI is InChI=1S/C13H13F2NO3/c14-9-2-1-3-10(15)11(9)16-12(17)7-4-5-8(6-7)13(18)19/h1-3,7-8H,4-6H2,(H,16,17)(H,18,19). The van der Waals surface area contributed by atoms with E-state index in [1.165, 1.54) is 6.07 Å². The number of carbonyl (C=O) groups is 2. The molecule has 4 nitrogen and oxygen atoms in total. The summed E-state index contributed by atoms with van der Waals surface area (Å²) in [6, 6.07) is 3.30. The van der Waals surface area contributed by atoms with Crippen LogP contribution in [0.3, 0.4) is 0 Å². The number of aliphatic carboxylic acids is 1. The fraction of sp³-hybridized carbons (Fsp3) is 0.385. The summed E-state index contributed by atoms with van der Waals surface area (Å²) in [7, 11) is 0. The van der Waals surface area contributed by atoms with E-state index in [0.29, 0.717) is 12.8 Å². The molecule has 6 heteroatoms. The largest absolute Gasteiger partial charge is 0.481 e. The molecule has 2 rings (SSSR count). The highest BCUT2D eigenvalue weighted by molar-refractivity contribution is 5.93. The monoisotopic (exact) mass is 269 g/mol. The summed E-state index contributed by atoms with van der Waals surface area (Å²) in [6.07, 6.45) is 1.03. The Balaban J connectivity index is 2.04. The van der Waals surface area contributed by atoms with E-state index < -0.39 is 41.0 Å². The second kappa shape index (κ2) is 5.34. The van der Waals surface area contributed by atoms with Gasteiger partial charge in [0, 0.05) is 5.92 Å². The van der Waals surface area contributed by atoms with E-state index >= 15 is 0 Å². The van der Waals surface area contributed by atoms with Crippen LogP contribution in [0.15, 0.2) is 18.2 Å². The van der Waals surface area contributed by atoms with E-state index in [9.17, 15) is 18.4 Å². The predicted molar refractivity (Wildman–Crippen MR) is 63.5 cm³/mol. The summed E-state index contributed by atoms with van der Waals surface area (Å²) in [5.41, 5.74) is -0.480. The van der Waals surface area contributed by atoms with E-state index in [1.54, 1.807) is 0 Å². The fourth-order valence-electron chi connectivity index (χ4n) is 2.29. The molecule has 1 aliphatic carbocycles. The molecule has 1 aromatic rings. The van der Waals surface area contributed by atoms with E-state index in [0.717, 1.165) is 12.1 Å². The van der Waals surface area contributed by atoms with Crippen molar-refractivity contribution < 1.29 is 23.5 Å². The van der Waals surface area contributed by atoms with E-state index in [4.69, 9.17) is 5.11 Å². The third kappa shape index (κ3) is 2.89. The first-order chi connectivity index (χ1) is 8.99. The maximum absolute atomic E-state index is 13.4. The van der Waals surface area contributed by atoms with Crippen molar-refractivity contribution >= 4 is 17.6 Å². The van der Waals surface area contributed by atoms with Gasteiger partial charge in [-0.25, -0.2) is 8.78 Å². The van der Waals surface area contributed by atoms with Gasteiger partial charge in [-0.2, -0.15) is 0 Å². The molecule has 1 aliphatic rings. The molecule has 0 bridgehead atoms. The summed E-state index contributed by atoms with van der Waals surface area (Å²) in [6.45, 7) is 0. The van der Waals surface area contributed by atoms with Crippen molar-refractivity contribution in [1.29, 1.82) is 0 Å². The minimum atomic E-state index is -0.938. The third-order valence-corrected chi connectivity index (χ3v) is 3.36. The lowest BCUT2D eigenvalue weighted by atomic mass is 10.0. The predicted octanol–water partition coefficient (Wildman–Crippen LogP) is 2.40. The van der Waals surface area contributed by atoms with Gasteiger partial charge in [0.2, 0.25) is 5.91 Å². The molecule has 0 aliphatic heterocycles. The van der Waals surface area contributed by atoms with Gasteiger partial charge in [-0.1, -0.05) is 6.07 Å².